The lowest BCUT2D eigenvalue weighted by molar-refractivity contribution is 0.0698. The molecule has 3 aromatic rings. The van der Waals surface area contributed by atoms with Crippen LogP contribution in [0.2, 0.25) is 0 Å². The number of carboxylic acids is 1. The highest BCUT2D eigenvalue weighted by molar-refractivity contribution is 5.93. The predicted octanol–water partition coefficient (Wildman–Crippen LogP) is 2.88. The van der Waals surface area contributed by atoms with Crippen molar-refractivity contribution in [1.82, 2.24) is 15.2 Å². The van der Waals surface area contributed by atoms with Crippen LogP contribution in [-0.2, 0) is 0 Å². The molecule has 114 valence electrons. The number of hydrogen-bond acceptors (Lipinski definition) is 5. The fourth-order valence-electron chi connectivity index (χ4n) is 2.01. The van der Waals surface area contributed by atoms with E-state index in [-0.39, 0.29) is 16.9 Å². The van der Waals surface area contributed by atoms with E-state index in [4.69, 9.17) is 5.11 Å². The van der Waals surface area contributed by atoms with Gasteiger partial charge in [-0.3, -0.25) is 20.0 Å². The Labute approximate surface area is 129 Å². The van der Waals surface area contributed by atoms with Crippen molar-refractivity contribution in [2.75, 3.05) is 0 Å². The number of hydrogen-bond donors (Lipinski definition) is 3. The largest absolute Gasteiger partial charge is 0.478 e. The van der Waals surface area contributed by atoms with Crippen molar-refractivity contribution >= 4 is 17.3 Å². The molecule has 3 N–H and O–H groups in total. The number of aromatic nitrogens is 3. The molecule has 0 amide bonds. The Hall–Kier alpha value is -3.55. The molecular formula is C15H11N5O3. The molecule has 23 heavy (non-hydrogen) atoms. The maximum Gasteiger partial charge on any atom is 0.337 e. The Bertz CT molecular complexity index is 928. The molecule has 0 aliphatic heterocycles. The molecule has 0 saturated heterocycles. The van der Waals surface area contributed by atoms with Crippen LogP contribution >= 0.6 is 0 Å². The smallest absolute Gasteiger partial charge is 0.337 e. The quantitative estimate of drug-likeness (QED) is 0.641. The van der Waals surface area contributed by atoms with Crippen LogP contribution in [0.15, 0.2) is 63.8 Å². The van der Waals surface area contributed by atoms with Gasteiger partial charge in [0.05, 0.1) is 11.3 Å². The Morgan fingerprint density at radius 2 is 1.91 bits per heavy atom. The standard InChI is InChI=1S/C15H11N5O3/c21-14-13(12(18-20-14)9-4-3-7-16-8-9)19-17-11-6-2-1-5-10(11)15(22)23/h1-8H,(H,22,23)(H2,18,20,21). The summed E-state index contributed by atoms with van der Waals surface area (Å²) in [6, 6.07) is 9.64. The van der Waals surface area contributed by atoms with Crippen LogP contribution in [0.1, 0.15) is 10.4 Å². The van der Waals surface area contributed by atoms with Crippen molar-refractivity contribution < 1.29 is 9.90 Å². The van der Waals surface area contributed by atoms with Gasteiger partial charge in [-0.05, 0) is 24.3 Å². The van der Waals surface area contributed by atoms with E-state index in [1.165, 1.54) is 12.1 Å². The van der Waals surface area contributed by atoms with Crippen molar-refractivity contribution in [3.8, 4) is 11.3 Å². The summed E-state index contributed by atoms with van der Waals surface area (Å²) in [4.78, 5) is 27.0. The number of carboxylic acid groups (broad SMARTS) is 1. The number of carbonyl (C=O) groups is 1. The molecule has 0 unspecified atom stereocenters. The van der Waals surface area contributed by atoms with Crippen molar-refractivity contribution in [2.45, 2.75) is 0 Å². The van der Waals surface area contributed by atoms with Crippen LogP contribution in [0.3, 0.4) is 0 Å². The molecule has 0 saturated carbocycles. The van der Waals surface area contributed by atoms with Gasteiger partial charge in [0.25, 0.3) is 5.56 Å². The van der Waals surface area contributed by atoms with Crippen molar-refractivity contribution in [1.29, 1.82) is 0 Å². The Morgan fingerprint density at radius 3 is 2.65 bits per heavy atom. The van der Waals surface area contributed by atoms with Crippen LogP contribution < -0.4 is 5.56 Å². The number of nitrogens with zero attached hydrogens (tertiary/aromatic N) is 3. The molecule has 8 nitrogen and oxygen atoms in total. The van der Waals surface area contributed by atoms with Crippen molar-refractivity contribution in [2.24, 2.45) is 10.2 Å². The second-order valence-corrected chi connectivity index (χ2v) is 4.57. The fourth-order valence-corrected chi connectivity index (χ4v) is 2.01. The van der Waals surface area contributed by atoms with Crippen LogP contribution in [-0.4, -0.2) is 26.3 Å². The highest BCUT2D eigenvalue weighted by Gasteiger charge is 2.13. The molecule has 8 heteroatoms. The SMILES string of the molecule is O=C(O)c1ccccc1N=Nc1c(-c2cccnc2)[nH][nH]c1=O. The number of aromatic amines is 2. The molecule has 0 fully saturated rings. The summed E-state index contributed by atoms with van der Waals surface area (Å²) in [5.41, 5.74) is 0.855. The monoisotopic (exact) mass is 309 g/mol. The molecule has 2 aromatic heterocycles. The number of pyridine rings is 1. The summed E-state index contributed by atoms with van der Waals surface area (Å²) in [6.07, 6.45) is 3.18. The Morgan fingerprint density at radius 1 is 1.09 bits per heavy atom. The fraction of sp³-hybridized carbons (Fsp3) is 0. The van der Waals surface area contributed by atoms with E-state index in [1.807, 2.05) is 0 Å². The molecule has 0 atom stereocenters. The third-order valence-electron chi connectivity index (χ3n) is 3.10. The molecule has 0 aliphatic rings. The minimum atomic E-state index is -1.12. The number of nitrogens with one attached hydrogen (secondary N) is 2. The van der Waals surface area contributed by atoms with Gasteiger partial charge < -0.3 is 5.11 Å². The first-order chi connectivity index (χ1) is 11.2. The molecule has 0 aliphatic carbocycles. The van der Waals surface area contributed by atoms with Crippen LogP contribution in [0.25, 0.3) is 11.3 Å². The lowest BCUT2D eigenvalue weighted by Crippen LogP contribution is -1.97. The number of H-pyrrole nitrogens is 2. The summed E-state index contributed by atoms with van der Waals surface area (Å²) in [5, 5.41) is 22.1. The van der Waals surface area contributed by atoms with Gasteiger partial charge in [-0.25, -0.2) is 4.79 Å². The average Bonchev–Trinajstić information content (AvgIpc) is 2.94. The molecule has 0 bridgehead atoms. The summed E-state index contributed by atoms with van der Waals surface area (Å²) >= 11 is 0. The molecule has 1 aromatic carbocycles. The van der Waals surface area contributed by atoms with Gasteiger partial charge in [0.15, 0.2) is 5.69 Å². The topological polar surface area (TPSA) is 124 Å². The molecule has 0 spiro atoms. The Kier molecular flexibility index (Phi) is 3.79. The highest BCUT2D eigenvalue weighted by Crippen LogP contribution is 2.26. The minimum Gasteiger partial charge on any atom is -0.478 e. The van der Waals surface area contributed by atoms with Crippen LogP contribution in [0.5, 0.6) is 0 Å². The zero-order valence-electron chi connectivity index (χ0n) is 11.7. The zero-order chi connectivity index (χ0) is 16.2. The maximum atomic E-state index is 11.9. The molecule has 0 radical (unpaired) electrons. The number of benzene rings is 1. The van der Waals surface area contributed by atoms with E-state index in [9.17, 15) is 9.59 Å². The van der Waals surface area contributed by atoms with E-state index in [0.717, 1.165) is 0 Å². The summed E-state index contributed by atoms with van der Waals surface area (Å²) in [5.74, 6) is -1.12. The first-order valence-electron chi connectivity index (χ1n) is 6.62. The number of aromatic carboxylic acids is 1. The van der Waals surface area contributed by atoms with E-state index >= 15 is 0 Å². The summed E-state index contributed by atoms with van der Waals surface area (Å²) in [6.45, 7) is 0. The van der Waals surface area contributed by atoms with Crippen LogP contribution in [0.4, 0.5) is 11.4 Å². The lowest BCUT2D eigenvalue weighted by Gasteiger charge is -1.99. The molecule has 3 rings (SSSR count). The van der Waals surface area contributed by atoms with E-state index in [1.54, 1.807) is 36.7 Å². The van der Waals surface area contributed by atoms with E-state index in [2.05, 4.69) is 25.4 Å². The third kappa shape index (κ3) is 2.91. The van der Waals surface area contributed by atoms with E-state index < -0.39 is 11.5 Å². The van der Waals surface area contributed by atoms with Gasteiger partial charge in [0.1, 0.15) is 5.69 Å². The van der Waals surface area contributed by atoms with Crippen LogP contribution in [0, 0.1) is 0 Å². The van der Waals surface area contributed by atoms with E-state index in [0.29, 0.717) is 11.3 Å². The normalized spacial score (nSPS) is 11.0. The number of rotatable bonds is 4. The highest BCUT2D eigenvalue weighted by atomic mass is 16.4. The second kappa shape index (κ2) is 6.06. The van der Waals surface area contributed by atoms with Gasteiger partial charge in [0, 0.05) is 18.0 Å². The van der Waals surface area contributed by atoms with Gasteiger partial charge in [-0.2, -0.15) is 0 Å². The average molecular weight is 309 g/mol. The lowest BCUT2D eigenvalue weighted by atomic mass is 10.2. The minimum absolute atomic E-state index is 0.00569. The first-order valence-corrected chi connectivity index (χ1v) is 6.62. The predicted molar refractivity (Wildman–Crippen MR) is 82.2 cm³/mol. The maximum absolute atomic E-state index is 11.9. The van der Waals surface area contributed by atoms with Gasteiger partial charge in [0.2, 0.25) is 0 Å². The summed E-state index contributed by atoms with van der Waals surface area (Å²) < 4.78 is 0. The zero-order valence-corrected chi connectivity index (χ0v) is 11.7. The van der Waals surface area contributed by atoms with Gasteiger partial charge >= 0.3 is 5.97 Å². The second-order valence-electron chi connectivity index (χ2n) is 4.57. The number of azo groups is 1. The van der Waals surface area contributed by atoms with Crippen molar-refractivity contribution in [3.05, 3.63) is 64.7 Å². The molecular weight excluding hydrogens is 298 g/mol. The van der Waals surface area contributed by atoms with Gasteiger partial charge in [-0.15, -0.1) is 10.2 Å². The first kappa shape index (κ1) is 14.4. The molecule has 2 heterocycles. The van der Waals surface area contributed by atoms with Gasteiger partial charge in [-0.1, -0.05) is 12.1 Å². The summed E-state index contributed by atoms with van der Waals surface area (Å²) in [7, 11) is 0. The third-order valence-corrected chi connectivity index (χ3v) is 3.10. The Balaban J connectivity index is 2.04. The van der Waals surface area contributed by atoms with Crippen molar-refractivity contribution in [3.63, 3.8) is 0 Å².